The van der Waals surface area contributed by atoms with Crippen molar-refractivity contribution in [3.63, 3.8) is 0 Å². The fraction of sp³-hybridized carbons (Fsp3) is 0.471. The topological polar surface area (TPSA) is 115 Å². The van der Waals surface area contributed by atoms with Crippen LogP contribution in [0.3, 0.4) is 0 Å². The number of thioether (sulfide) groups is 1. The van der Waals surface area contributed by atoms with Crippen LogP contribution in [0.25, 0.3) is 10.4 Å². The molecular formula is C17H19N5O3S. The van der Waals surface area contributed by atoms with Crippen molar-refractivity contribution in [2.45, 2.75) is 43.2 Å². The Morgan fingerprint density at radius 2 is 2.15 bits per heavy atom. The molecular weight excluding hydrogens is 354 g/mol. The van der Waals surface area contributed by atoms with Crippen LogP contribution in [0.2, 0.25) is 0 Å². The highest BCUT2D eigenvalue weighted by Crippen LogP contribution is 2.34. The van der Waals surface area contributed by atoms with E-state index in [9.17, 15) is 14.4 Å². The summed E-state index contributed by atoms with van der Waals surface area (Å²) in [6.07, 6.45) is 2.36. The highest BCUT2D eigenvalue weighted by molar-refractivity contribution is 7.99. The molecule has 1 aromatic rings. The fourth-order valence-electron chi connectivity index (χ4n) is 3.20. The molecule has 136 valence electrons. The summed E-state index contributed by atoms with van der Waals surface area (Å²) >= 11 is 1.67. The Morgan fingerprint density at radius 1 is 1.31 bits per heavy atom. The van der Waals surface area contributed by atoms with E-state index < -0.39 is 11.9 Å². The van der Waals surface area contributed by atoms with Gasteiger partial charge in [0, 0.05) is 34.9 Å². The number of fused-ring (bicyclic) bond motifs is 1. The summed E-state index contributed by atoms with van der Waals surface area (Å²) in [5.41, 5.74) is 9.85. The van der Waals surface area contributed by atoms with Crippen LogP contribution in [0.15, 0.2) is 28.2 Å². The molecule has 1 fully saturated rings. The minimum atomic E-state index is -0.589. The number of hydrogen-bond acceptors (Lipinski definition) is 5. The molecule has 0 radical (unpaired) electrons. The summed E-state index contributed by atoms with van der Waals surface area (Å²) in [7, 11) is 0. The molecule has 1 aromatic carbocycles. The third-order valence-electron chi connectivity index (χ3n) is 4.51. The maximum Gasteiger partial charge on any atom is 0.255 e. The molecule has 0 aromatic heterocycles. The summed E-state index contributed by atoms with van der Waals surface area (Å²) in [6.45, 7) is 0.883. The lowest BCUT2D eigenvalue weighted by molar-refractivity contribution is -0.136. The van der Waals surface area contributed by atoms with Crippen LogP contribution < -0.4 is 5.32 Å². The van der Waals surface area contributed by atoms with Crippen LogP contribution in [0.1, 0.15) is 41.6 Å². The van der Waals surface area contributed by atoms with Crippen LogP contribution in [0.5, 0.6) is 0 Å². The minimum Gasteiger partial charge on any atom is -0.322 e. The van der Waals surface area contributed by atoms with Crippen molar-refractivity contribution in [2.24, 2.45) is 5.11 Å². The first-order valence-corrected chi connectivity index (χ1v) is 9.50. The molecule has 1 atom stereocenters. The zero-order valence-electron chi connectivity index (χ0n) is 14.2. The standard InChI is InChI=1S/C17H19N5O3S/c18-21-19-8-1-2-9-26-14-5-3-4-11-12(14)10-22(17(11)25)13-6-7-15(23)20-16(13)24/h3-5,13H,1-2,6-10H2,(H,20,23,24). The molecule has 8 nitrogen and oxygen atoms in total. The van der Waals surface area contributed by atoms with Crippen molar-refractivity contribution in [1.29, 1.82) is 0 Å². The Morgan fingerprint density at radius 3 is 2.92 bits per heavy atom. The van der Waals surface area contributed by atoms with E-state index in [0.29, 0.717) is 25.1 Å². The van der Waals surface area contributed by atoms with Gasteiger partial charge in [0.15, 0.2) is 0 Å². The zero-order chi connectivity index (χ0) is 18.5. The number of benzene rings is 1. The summed E-state index contributed by atoms with van der Waals surface area (Å²) in [5, 5.41) is 5.83. The van der Waals surface area contributed by atoms with Crippen LogP contribution in [-0.2, 0) is 16.1 Å². The van der Waals surface area contributed by atoms with Gasteiger partial charge in [-0.25, -0.2) is 0 Å². The zero-order valence-corrected chi connectivity index (χ0v) is 15.0. The number of imide groups is 1. The van der Waals surface area contributed by atoms with Gasteiger partial charge in [-0.3, -0.25) is 19.7 Å². The normalized spacial score (nSPS) is 19.2. The maximum absolute atomic E-state index is 12.7. The van der Waals surface area contributed by atoms with Gasteiger partial charge in [-0.15, -0.1) is 11.8 Å². The molecule has 0 bridgehead atoms. The quantitative estimate of drug-likeness (QED) is 0.197. The van der Waals surface area contributed by atoms with Crippen LogP contribution >= 0.6 is 11.8 Å². The lowest BCUT2D eigenvalue weighted by atomic mass is 10.0. The molecule has 0 spiro atoms. The van der Waals surface area contributed by atoms with Crippen LogP contribution in [0, 0.1) is 0 Å². The molecule has 1 saturated heterocycles. The number of carbonyl (C=O) groups is 3. The average Bonchev–Trinajstić information content (AvgIpc) is 2.96. The number of rotatable bonds is 7. The first-order chi connectivity index (χ1) is 12.6. The van der Waals surface area contributed by atoms with E-state index in [1.54, 1.807) is 22.7 Å². The lowest BCUT2D eigenvalue weighted by Crippen LogP contribution is -2.52. The Kier molecular flexibility index (Phi) is 5.80. The molecule has 1 N–H and O–H groups in total. The third-order valence-corrected chi connectivity index (χ3v) is 5.70. The largest absolute Gasteiger partial charge is 0.322 e. The highest BCUT2D eigenvalue weighted by Gasteiger charge is 2.39. The SMILES string of the molecule is [N-]=[N+]=NCCCCSc1cccc2c1CN(C1CCC(=O)NC1=O)C2=O. The van der Waals surface area contributed by atoms with Crippen molar-refractivity contribution < 1.29 is 14.4 Å². The second kappa shape index (κ2) is 8.25. The molecule has 0 saturated carbocycles. The van der Waals surface area contributed by atoms with Gasteiger partial charge in [0.2, 0.25) is 11.8 Å². The number of azide groups is 1. The fourth-order valence-corrected chi connectivity index (χ4v) is 4.30. The Balaban J connectivity index is 1.66. The van der Waals surface area contributed by atoms with Crippen molar-refractivity contribution in [3.05, 3.63) is 39.8 Å². The number of carbonyl (C=O) groups excluding carboxylic acids is 3. The Bertz CT molecular complexity index is 791. The monoisotopic (exact) mass is 373 g/mol. The van der Waals surface area contributed by atoms with Gasteiger partial charge < -0.3 is 4.90 Å². The van der Waals surface area contributed by atoms with Gasteiger partial charge in [0.05, 0.1) is 0 Å². The molecule has 0 aliphatic carbocycles. The molecule has 3 amide bonds. The maximum atomic E-state index is 12.7. The first-order valence-electron chi connectivity index (χ1n) is 8.52. The second-order valence-corrected chi connectivity index (χ2v) is 7.33. The number of hydrogen-bond donors (Lipinski definition) is 1. The lowest BCUT2D eigenvalue weighted by Gasteiger charge is -2.29. The minimum absolute atomic E-state index is 0.152. The second-order valence-electron chi connectivity index (χ2n) is 6.19. The molecule has 2 heterocycles. The predicted octanol–water partition coefficient (Wildman–Crippen LogP) is 2.63. The number of nitrogens with one attached hydrogen (secondary N) is 1. The summed E-state index contributed by atoms with van der Waals surface area (Å²) in [6, 6.07) is 5.04. The Labute approximate surface area is 154 Å². The van der Waals surface area contributed by atoms with Gasteiger partial charge >= 0.3 is 0 Å². The van der Waals surface area contributed by atoms with E-state index in [2.05, 4.69) is 15.3 Å². The molecule has 1 unspecified atom stereocenters. The molecule has 9 heteroatoms. The average molecular weight is 373 g/mol. The molecule has 3 rings (SSSR count). The first kappa shape index (κ1) is 18.3. The molecule has 2 aliphatic heterocycles. The Hall–Kier alpha value is -2.51. The van der Waals surface area contributed by atoms with Crippen molar-refractivity contribution in [2.75, 3.05) is 12.3 Å². The van der Waals surface area contributed by atoms with Crippen LogP contribution in [-0.4, -0.2) is 41.0 Å². The number of nitrogens with zero attached hydrogens (tertiary/aromatic N) is 4. The van der Waals surface area contributed by atoms with Gasteiger partial charge in [0.25, 0.3) is 5.91 Å². The number of piperidine rings is 1. The van der Waals surface area contributed by atoms with E-state index in [1.807, 2.05) is 12.1 Å². The summed E-state index contributed by atoms with van der Waals surface area (Å²) in [5.74, 6) is 0.0339. The van der Waals surface area contributed by atoms with Crippen molar-refractivity contribution in [3.8, 4) is 0 Å². The van der Waals surface area contributed by atoms with Gasteiger partial charge in [-0.2, -0.15) is 0 Å². The van der Waals surface area contributed by atoms with Gasteiger partial charge in [0.1, 0.15) is 6.04 Å². The summed E-state index contributed by atoms with van der Waals surface area (Å²) in [4.78, 5) is 41.5. The molecule has 26 heavy (non-hydrogen) atoms. The number of unbranched alkanes of at least 4 members (excludes halogenated alkanes) is 1. The van der Waals surface area contributed by atoms with Crippen LogP contribution in [0.4, 0.5) is 0 Å². The van der Waals surface area contributed by atoms with E-state index in [4.69, 9.17) is 5.53 Å². The van der Waals surface area contributed by atoms with E-state index in [1.165, 1.54) is 0 Å². The third kappa shape index (κ3) is 3.84. The van der Waals surface area contributed by atoms with E-state index in [0.717, 1.165) is 29.1 Å². The number of amides is 3. The van der Waals surface area contributed by atoms with E-state index >= 15 is 0 Å². The van der Waals surface area contributed by atoms with Gasteiger partial charge in [-0.1, -0.05) is 11.2 Å². The van der Waals surface area contributed by atoms with Crippen molar-refractivity contribution >= 4 is 29.5 Å². The van der Waals surface area contributed by atoms with Crippen molar-refractivity contribution in [1.82, 2.24) is 10.2 Å². The van der Waals surface area contributed by atoms with Gasteiger partial charge in [-0.05, 0) is 48.2 Å². The van der Waals surface area contributed by atoms with E-state index in [-0.39, 0.29) is 18.2 Å². The summed E-state index contributed by atoms with van der Waals surface area (Å²) < 4.78 is 0. The molecule has 2 aliphatic rings. The highest BCUT2D eigenvalue weighted by atomic mass is 32.2. The predicted molar refractivity (Wildman–Crippen MR) is 96.5 cm³/mol. The smallest absolute Gasteiger partial charge is 0.255 e.